The summed E-state index contributed by atoms with van der Waals surface area (Å²) in [5.74, 6) is -0.302. The molecule has 5 nitrogen and oxygen atoms in total. The Morgan fingerprint density at radius 2 is 1.86 bits per heavy atom. The maximum atomic E-state index is 12.1. The Bertz CT molecular complexity index is 900. The minimum absolute atomic E-state index is 0.225. The molecule has 0 atom stereocenters. The van der Waals surface area contributed by atoms with Gasteiger partial charge < -0.3 is 5.32 Å². The minimum atomic E-state index is -0.302. The highest BCUT2D eigenvalue weighted by molar-refractivity contribution is 5.92. The molecule has 110 valence electrons. The highest BCUT2D eigenvalue weighted by Gasteiger charge is 2.08. The van der Waals surface area contributed by atoms with Crippen LogP contribution in [0.15, 0.2) is 59.4 Å². The number of hydrogen-bond donors (Lipinski definition) is 1. The summed E-state index contributed by atoms with van der Waals surface area (Å²) in [5.41, 5.74) is 0.992. The van der Waals surface area contributed by atoms with Gasteiger partial charge in [-0.15, -0.1) is 0 Å². The molecule has 0 saturated carbocycles. The number of hydrogen-bond acceptors (Lipinski definition) is 3. The molecule has 3 aromatic rings. The van der Waals surface area contributed by atoms with E-state index in [0.717, 1.165) is 21.0 Å². The van der Waals surface area contributed by atoms with Crippen LogP contribution >= 0.6 is 0 Å². The van der Waals surface area contributed by atoms with Gasteiger partial charge in [-0.25, -0.2) is 4.68 Å². The summed E-state index contributed by atoms with van der Waals surface area (Å²) in [6.45, 7) is 0.411. The smallest absolute Gasteiger partial charge is 0.271 e. The van der Waals surface area contributed by atoms with E-state index in [0.29, 0.717) is 6.54 Å². The average molecular weight is 293 g/mol. The molecule has 1 aromatic heterocycles. The molecule has 22 heavy (non-hydrogen) atoms. The summed E-state index contributed by atoms with van der Waals surface area (Å²) < 4.78 is 1.14. The number of nitrogens with zero attached hydrogens (tertiary/aromatic N) is 2. The van der Waals surface area contributed by atoms with E-state index in [9.17, 15) is 9.59 Å². The number of benzene rings is 2. The zero-order valence-corrected chi connectivity index (χ0v) is 12.1. The maximum absolute atomic E-state index is 12.1. The molecule has 0 radical (unpaired) electrons. The van der Waals surface area contributed by atoms with Gasteiger partial charge in [-0.1, -0.05) is 36.4 Å². The van der Waals surface area contributed by atoms with Crippen LogP contribution in [-0.2, 0) is 13.6 Å². The van der Waals surface area contributed by atoms with Crippen LogP contribution in [0.3, 0.4) is 0 Å². The molecule has 0 unspecified atom stereocenters. The standard InChI is InChI=1S/C17H15N3O2/c1-20-16(21)9-8-15(19-20)17(22)18-11-12-6-7-13-4-2-3-5-14(13)10-12/h2-10H,11H2,1H3,(H,18,22). The van der Waals surface area contributed by atoms with Crippen LogP contribution < -0.4 is 10.9 Å². The number of aryl methyl sites for hydroxylation is 1. The van der Waals surface area contributed by atoms with Crippen LogP contribution in [-0.4, -0.2) is 15.7 Å². The highest BCUT2D eigenvalue weighted by Crippen LogP contribution is 2.15. The Hall–Kier alpha value is -2.95. The number of amides is 1. The maximum Gasteiger partial charge on any atom is 0.271 e. The van der Waals surface area contributed by atoms with Gasteiger partial charge in [0.25, 0.3) is 11.5 Å². The van der Waals surface area contributed by atoms with Crippen LogP contribution in [0, 0.1) is 0 Å². The predicted molar refractivity (Wildman–Crippen MR) is 84.6 cm³/mol. The number of fused-ring (bicyclic) bond motifs is 1. The van der Waals surface area contributed by atoms with Crippen molar-refractivity contribution < 1.29 is 4.79 Å². The number of nitrogens with one attached hydrogen (secondary N) is 1. The lowest BCUT2D eigenvalue weighted by Crippen LogP contribution is -2.28. The van der Waals surface area contributed by atoms with Crippen LogP contribution in [0.25, 0.3) is 10.8 Å². The molecule has 5 heteroatoms. The molecule has 1 N–H and O–H groups in total. The van der Waals surface area contributed by atoms with Crippen molar-refractivity contribution in [3.8, 4) is 0 Å². The molecule has 0 saturated heterocycles. The van der Waals surface area contributed by atoms with Gasteiger partial charge in [-0.3, -0.25) is 9.59 Å². The second kappa shape index (κ2) is 5.81. The van der Waals surface area contributed by atoms with E-state index in [2.05, 4.69) is 10.4 Å². The second-order valence-electron chi connectivity index (χ2n) is 5.04. The third-order valence-corrected chi connectivity index (χ3v) is 3.46. The van der Waals surface area contributed by atoms with E-state index in [-0.39, 0.29) is 17.2 Å². The lowest BCUT2D eigenvalue weighted by atomic mass is 10.1. The van der Waals surface area contributed by atoms with E-state index < -0.39 is 0 Å². The van der Waals surface area contributed by atoms with Crippen molar-refractivity contribution in [2.24, 2.45) is 7.05 Å². The highest BCUT2D eigenvalue weighted by atomic mass is 16.2. The Morgan fingerprint density at radius 1 is 1.09 bits per heavy atom. The first kappa shape index (κ1) is 14.0. The van der Waals surface area contributed by atoms with Gasteiger partial charge in [0.05, 0.1) is 0 Å². The summed E-state index contributed by atoms with van der Waals surface area (Å²) in [5, 5.41) is 9.03. The van der Waals surface area contributed by atoms with E-state index in [1.807, 2.05) is 42.5 Å². The van der Waals surface area contributed by atoms with Crippen LogP contribution in [0.2, 0.25) is 0 Å². The fraction of sp³-hybridized carbons (Fsp3) is 0.118. The molecule has 0 aliphatic carbocycles. The molecule has 0 spiro atoms. The van der Waals surface area contributed by atoms with Crippen molar-refractivity contribution in [2.75, 3.05) is 0 Å². The first-order chi connectivity index (χ1) is 10.6. The van der Waals surface area contributed by atoms with E-state index in [1.54, 1.807) is 0 Å². The van der Waals surface area contributed by atoms with Crippen molar-refractivity contribution in [1.82, 2.24) is 15.1 Å². The van der Waals surface area contributed by atoms with Gasteiger partial charge in [0.15, 0.2) is 0 Å². The fourth-order valence-corrected chi connectivity index (χ4v) is 2.25. The van der Waals surface area contributed by atoms with E-state index in [1.165, 1.54) is 19.2 Å². The van der Waals surface area contributed by atoms with Gasteiger partial charge in [-0.05, 0) is 28.5 Å². The summed E-state index contributed by atoms with van der Waals surface area (Å²) in [6, 6.07) is 16.9. The molecule has 0 fully saturated rings. The third kappa shape index (κ3) is 2.88. The van der Waals surface area contributed by atoms with E-state index >= 15 is 0 Å². The molecule has 0 bridgehead atoms. The molecular weight excluding hydrogens is 278 g/mol. The van der Waals surface area contributed by atoms with Gasteiger partial charge >= 0.3 is 0 Å². The van der Waals surface area contributed by atoms with Crippen molar-refractivity contribution in [2.45, 2.75) is 6.54 Å². The Morgan fingerprint density at radius 3 is 2.64 bits per heavy atom. The third-order valence-electron chi connectivity index (χ3n) is 3.46. The molecule has 2 aromatic carbocycles. The quantitative estimate of drug-likeness (QED) is 0.801. The topological polar surface area (TPSA) is 64.0 Å². The zero-order valence-electron chi connectivity index (χ0n) is 12.1. The summed E-state index contributed by atoms with van der Waals surface area (Å²) in [4.78, 5) is 23.3. The van der Waals surface area contributed by atoms with Gasteiger partial charge in [0.1, 0.15) is 5.69 Å². The Balaban J connectivity index is 1.74. The molecule has 1 amide bonds. The monoisotopic (exact) mass is 293 g/mol. The molecule has 1 heterocycles. The predicted octanol–water partition coefficient (Wildman–Crippen LogP) is 1.86. The Labute approximate surface area is 127 Å². The number of carbonyl (C=O) groups is 1. The second-order valence-corrected chi connectivity index (χ2v) is 5.04. The number of carbonyl (C=O) groups excluding carboxylic acids is 1. The van der Waals surface area contributed by atoms with Crippen molar-refractivity contribution >= 4 is 16.7 Å². The normalized spacial score (nSPS) is 10.6. The molecular formula is C17H15N3O2. The lowest BCUT2D eigenvalue weighted by Gasteiger charge is -2.07. The Kier molecular flexibility index (Phi) is 3.70. The lowest BCUT2D eigenvalue weighted by molar-refractivity contribution is 0.0943. The summed E-state index contributed by atoms with van der Waals surface area (Å²) in [7, 11) is 1.52. The molecule has 0 aliphatic heterocycles. The number of aromatic nitrogens is 2. The number of rotatable bonds is 3. The first-order valence-corrected chi connectivity index (χ1v) is 6.94. The molecule has 3 rings (SSSR count). The van der Waals surface area contributed by atoms with Crippen LogP contribution in [0.4, 0.5) is 0 Å². The SMILES string of the molecule is Cn1nc(C(=O)NCc2ccc3ccccc3c2)ccc1=O. The summed E-state index contributed by atoms with van der Waals surface area (Å²) >= 11 is 0. The van der Waals surface area contributed by atoms with Gasteiger partial charge in [-0.2, -0.15) is 5.10 Å². The van der Waals surface area contributed by atoms with Crippen LogP contribution in [0.5, 0.6) is 0 Å². The van der Waals surface area contributed by atoms with Crippen molar-refractivity contribution in [1.29, 1.82) is 0 Å². The zero-order chi connectivity index (χ0) is 15.5. The summed E-state index contributed by atoms with van der Waals surface area (Å²) in [6.07, 6.45) is 0. The largest absolute Gasteiger partial charge is 0.347 e. The van der Waals surface area contributed by atoms with Gasteiger partial charge in [0.2, 0.25) is 0 Å². The van der Waals surface area contributed by atoms with Crippen LogP contribution in [0.1, 0.15) is 16.1 Å². The van der Waals surface area contributed by atoms with Crippen molar-refractivity contribution in [3.05, 3.63) is 76.2 Å². The minimum Gasteiger partial charge on any atom is -0.347 e. The van der Waals surface area contributed by atoms with Crippen molar-refractivity contribution in [3.63, 3.8) is 0 Å². The fourth-order valence-electron chi connectivity index (χ4n) is 2.25. The first-order valence-electron chi connectivity index (χ1n) is 6.94. The van der Waals surface area contributed by atoms with Gasteiger partial charge in [0, 0.05) is 19.7 Å². The average Bonchev–Trinajstić information content (AvgIpc) is 2.55. The molecule has 0 aliphatic rings. The van der Waals surface area contributed by atoms with E-state index in [4.69, 9.17) is 0 Å².